The van der Waals surface area contributed by atoms with E-state index in [4.69, 9.17) is 0 Å². The van der Waals surface area contributed by atoms with Crippen LogP contribution in [-0.4, -0.2) is 34.6 Å². The molecule has 3 fully saturated rings. The van der Waals surface area contributed by atoms with Crippen molar-refractivity contribution in [1.82, 2.24) is 4.90 Å². The summed E-state index contributed by atoms with van der Waals surface area (Å²) in [5, 5.41) is 19.5. The van der Waals surface area contributed by atoms with Crippen LogP contribution in [0.25, 0.3) is 0 Å². The van der Waals surface area contributed by atoms with Gasteiger partial charge in [0, 0.05) is 6.54 Å². The van der Waals surface area contributed by atoms with Crippen molar-refractivity contribution in [1.29, 1.82) is 5.26 Å². The van der Waals surface area contributed by atoms with E-state index in [0.29, 0.717) is 24.2 Å². The molecule has 4 heteroatoms. The number of amides is 1. The first-order valence-corrected chi connectivity index (χ1v) is 6.92. The lowest BCUT2D eigenvalue weighted by molar-refractivity contribution is -0.141. The molecular weight excluding hydrogens is 228 g/mol. The fraction of sp³-hybridized carbons (Fsp3) is 0.857. The molecule has 6 unspecified atom stereocenters. The molecular formula is C14H20N2O2. The van der Waals surface area contributed by atoms with E-state index < -0.39 is 5.41 Å². The third kappa shape index (κ3) is 1.31. The zero-order chi connectivity index (χ0) is 13.1. The van der Waals surface area contributed by atoms with Gasteiger partial charge in [0.1, 0.15) is 5.41 Å². The van der Waals surface area contributed by atoms with E-state index in [2.05, 4.69) is 6.07 Å². The highest BCUT2D eigenvalue weighted by atomic mass is 16.3. The molecule has 1 N–H and O–H groups in total. The molecule has 3 aliphatic rings. The molecule has 98 valence electrons. The minimum Gasteiger partial charge on any atom is -0.391 e. The third-order valence-corrected chi connectivity index (χ3v) is 5.54. The van der Waals surface area contributed by atoms with Crippen molar-refractivity contribution >= 4 is 5.91 Å². The average molecular weight is 248 g/mol. The Bertz CT molecular complexity index is 428. The average Bonchev–Trinajstić information content (AvgIpc) is 2.98. The van der Waals surface area contributed by atoms with Crippen molar-refractivity contribution in [3.8, 4) is 6.07 Å². The zero-order valence-electron chi connectivity index (χ0n) is 11.0. The quantitative estimate of drug-likeness (QED) is 0.797. The van der Waals surface area contributed by atoms with Crippen molar-refractivity contribution < 1.29 is 9.90 Å². The summed E-state index contributed by atoms with van der Waals surface area (Å²) in [6.07, 6.45) is 2.29. The van der Waals surface area contributed by atoms with Gasteiger partial charge < -0.3 is 10.0 Å². The lowest BCUT2D eigenvalue weighted by Gasteiger charge is -2.33. The van der Waals surface area contributed by atoms with Crippen LogP contribution >= 0.6 is 0 Å². The van der Waals surface area contributed by atoms with Gasteiger partial charge in [0.05, 0.1) is 18.2 Å². The van der Waals surface area contributed by atoms with Gasteiger partial charge in [0.25, 0.3) is 0 Å². The first kappa shape index (κ1) is 12.0. The first-order chi connectivity index (χ1) is 8.51. The number of likely N-dealkylation sites (tertiary alicyclic amines) is 1. The van der Waals surface area contributed by atoms with Gasteiger partial charge in [0.15, 0.2) is 0 Å². The van der Waals surface area contributed by atoms with Crippen molar-refractivity contribution in [2.75, 3.05) is 6.54 Å². The number of fused-ring (bicyclic) bond motifs is 1. The van der Waals surface area contributed by atoms with Gasteiger partial charge in [-0.25, -0.2) is 0 Å². The van der Waals surface area contributed by atoms with Crippen LogP contribution < -0.4 is 0 Å². The van der Waals surface area contributed by atoms with Crippen LogP contribution in [0.2, 0.25) is 0 Å². The molecule has 1 heterocycles. The van der Waals surface area contributed by atoms with E-state index in [9.17, 15) is 15.2 Å². The Morgan fingerprint density at radius 2 is 2.22 bits per heavy atom. The first-order valence-electron chi connectivity index (χ1n) is 6.92. The summed E-state index contributed by atoms with van der Waals surface area (Å²) in [4.78, 5) is 14.4. The monoisotopic (exact) mass is 248 g/mol. The van der Waals surface area contributed by atoms with E-state index in [1.165, 1.54) is 0 Å². The SMILES string of the molecule is CCC(C)(C#N)C(=O)N1CC2CC3CC2C1C3O. The standard InChI is InChI=1S/C14H20N2O2/c1-3-14(2,7-15)13(18)16-6-9-4-8-5-10(9)11(16)12(8)17/h8-12,17H,3-6H2,1-2H3. The van der Waals surface area contributed by atoms with E-state index in [-0.39, 0.29) is 18.1 Å². The predicted molar refractivity (Wildman–Crippen MR) is 65.2 cm³/mol. The molecule has 18 heavy (non-hydrogen) atoms. The summed E-state index contributed by atoms with van der Waals surface area (Å²) < 4.78 is 0. The second-order valence-corrected chi connectivity index (χ2v) is 6.39. The number of hydrogen-bond donors (Lipinski definition) is 1. The largest absolute Gasteiger partial charge is 0.391 e. The van der Waals surface area contributed by atoms with Crippen molar-refractivity contribution in [2.45, 2.75) is 45.3 Å². The zero-order valence-corrected chi connectivity index (χ0v) is 11.0. The van der Waals surface area contributed by atoms with Gasteiger partial charge in [-0.15, -0.1) is 0 Å². The Kier molecular flexibility index (Phi) is 2.47. The summed E-state index contributed by atoms with van der Waals surface area (Å²) in [5.74, 6) is 1.35. The van der Waals surface area contributed by atoms with E-state index in [1.807, 2.05) is 11.8 Å². The molecule has 0 aromatic heterocycles. The lowest BCUT2D eigenvalue weighted by atomic mass is 9.86. The van der Waals surface area contributed by atoms with Crippen LogP contribution in [-0.2, 0) is 4.79 Å². The van der Waals surface area contributed by atoms with Gasteiger partial charge in [-0.3, -0.25) is 4.79 Å². The molecule has 0 aromatic rings. The van der Waals surface area contributed by atoms with Crippen LogP contribution in [0.1, 0.15) is 33.1 Å². The van der Waals surface area contributed by atoms with E-state index in [0.717, 1.165) is 19.4 Å². The Morgan fingerprint density at radius 3 is 2.78 bits per heavy atom. The maximum atomic E-state index is 12.6. The van der Waals surface area contributed by atoms with Gasteiger partial charge in [-0.05, 0) is 43.9 Å². The smallest absolute Gasteiger partial charge is 0.243 e. The van der Waals surface area contributed by atoms with Crippen molar-refractivity contribution in [2.24, 2.45) is 23.2 Å². The van der Waals surface area contributed by atoms with Crippen LogP contribution in [0.5, 0.6) is 0 Å². The second-order valence-electron chi connectivity index (χ2n) is 6.39. The van der Waals surface area contributed by atoms with Crippen molar-refractivity contribution in [3.63, 3.8) is 0 Å². The number of hydrogen-bond acceptors (Lipinski definition) is 3. The van der Waals surface area contributed by atoms with Crippen LogP contribution in [0.4, 0.5) is 0 Å². The maximum absolute atomic E-state index is 12.6. The van der Waals surface area contributed by atoms with Crippen LogP contribution in [0, 0.1) is 34.5 Å². The Hall–Kier alpha value is -1.08. The summed E-state index contributed by atoms with van der Waals surface area (Å²) in [7, 11) is 0. The normalized spacial score (nSPS) is 43.9. The molecule has 2 aliphatic carbocycles. The highest BCUT2D eigenvalue weighted by Crippen LogP contribution is 2.55. The summed E-state index contributed by atoms with van der Waals surface area (Å²) >= 11 is 0. The second kappa shape index (κ2) is 3.71. The van der Waals surface area contributed by atoms with Crippen molar-refractivity contribution in [3.05, 3.63) is 0 Å². The van der Waals surface area contributed by atoms with Crippen LogP contribution in [0.15, 0.2) is 0 Å². The summed E-state index contributed by atoms with van der Waals surface area (Å²) in [6, 6.07) is 2.14. The molecule has 0 spiro atoms. The highest BCUT2D eigenvalue weighted by molar-refractivity contribution is 5.85. The van der Waals surface area contributed by atoms with E-state index >= 15 is 0 Å². The Labute approximate surface area is 108 Å². The predicted octanol–water partition coefficient (Wildman–Crippen LogP) is 1.15. The van der Waals surface area contributed by atoms with Gasteiger partial charge in [-0.1, -0.05) is 6.92 Å². The number of rotatable bonds is 2. The molecule has 1 saturated heterocycles. The number of carbonyl (C=O) groups excluding carboxylic acids is 1. The van der Waals surface area contributed by atoms with Gasteiger partial charge >= 0.3 is 0 Å². The van der Waals surface area contributed by atoms with E-state index in [1.54, 1.807) is 6.92 Å². The number of aliphatic hydroxyl groups excluding tert-OH is 1. The minimum atomic E-state index is -0.929. The fourth-order valence-electron chi connectivity index (χ4n) is 4.24. The number of nitrogens with zero attached hydrogens (tertiary/aromatic N) is 2. The molecule has 0 aromatic carbocycles. The van der Waals surface area contributed by atoms with Crippen LogP contribution in [0.3, 0.4) is 0 Å². The molecule has 4 nitrogen and oxygen atoms in total. The summed E-state index contributed by atoms with van der Waals surface area (Å²) in [6.45, 7) is 4.34. The molecule has 6 atom stereocenters. The molecule has 1 aliphatic heterocycles. The topological polar surface area (TPSA) is 64.3 Å². The Balaban J connectivity index is 1.87. The molecule has 3 rings (SSSR count). The van der Waals surface area contributed by atoms with Gasteiger partial charge in [-0.2, -0.15) is 5.26 Å². The minimum absolute atomic E-state index is 0.0134. The third-order valence-electron chi connectivity index (χ3n) is 5.54. The molecule has 2 saturated carbocycles. The number of nitriles is 1. The lowest BCUT2D eigenvalue weighted by Crippen LogP contribution is -2.48. The number of carbonyl (C=O) groups is 1. The highest BCUT2D eigenvalue weighted by Gasteiger charge is 2.61. The fourth-order valence-corrected chi connectivity index (χ4v) is 4.24. The maximum Gasteiger partial charge on any atom is 0.243 e. The van der Waals surface area contributed by atoms with Gasteiger partial charge in [0.2, 0.25) is 5.91 Å². The number of aliphatic hydroxyl groups is 1. The molecule has 1 amide bonds. The molecule has 0 radical (unpaired) electrons. The molecule has 2 bridgehead atoms. The summed E-state index contributed by atoms with van der Waals surface area (Å²) in [5.41, 5.74) is -0.929. The Morgan fingerprint density at radius 1 is 1.50 bits per heavy atom.